The summed E-state index contributed by atoms with van der Waals surface area (Å²) in [4.78, 5) is 2.45. The van der Waals surface area contributed by atoms with Crippen LogP contribution in [0.1, 0.15) is 18.9 Å². The Morgan fingerprint density at radius 1 is 1.32 bits per heavy atom. The van der Waals surface area contributed by atoms with Gasteiger partial charge in [-0.1, -0.05) is 24.3 Å². The minimum absolute atomic E-state index is 0.402. The maximum atomic E-state index is 6.36. The van der Waals surface area contributed by atoms with Crippen LogP contribution < -0.4 is 14.8 Å². The average Bonchev–Trinajstić information content (AvgIpc) is 2.62. The molecular formula is C19H29ClN2O3. The lowest BCUT2D eigenvalue weighted by Crippen LogP contribution is -2.37. The molecule has 0 aliphatic carbocycles. The predicted molar refractivity (Wildman–Crippen MR) is 102 cm³/mol. The van der Waals surface area contributed by atoms with Crippen molar-refractivity contribution in [1.82, 2.24) is 10.2 Å². The second-order valence-corrected chi connectivity index (χ2v) is 6.33. The van der Waals surface area contributed by atoms with Gasteiger partial charge in [-0.2, -0.15) is 0 Å². The van der Waals surface area contributed by atoms with E-state index in [-0.39, 0.29) is 0 Å². The molecule has 5 nitrogen and oxygen atoms in total. The molecule has 1 aliphatic rings. The van der Waals surface area contributed by atoms with E-state index in [0.29, 0.717) is 29.7 Å². The first-order valence-electron chi connectivity index (χ1n) is 8.94. The van der Waals surface area contributed by atoms with Crippen LogP contribution in [0.4, 0.5) is 0 Å². The van der Waals surface area contributed by atoms with Gasteiger partial charge >= 0.3 is 0 Å². The van der Waals surface area contributed by atoms with Crippen molar-refractivity contribution in [2.24, 2.45) is 0 Å². The van der Waals surface area contributed by atoms with E-state index in [4.69, 9.17) is 25.8 Å². The summed E-state index contributed by atoms with van der Waals surface area (Å²) >= 11 is 6.36. The minimum atomic E-state index is 0.402. The first-order valence-corrected chi connectivity index (χ1v) is 9.32. The van der Waals surface area contributed by atoms with Gasteiger partial charge in [-0.25, -0.2) is 0 Å². The van der Waals surface area contributed by atoms with Crippen LogP contribution >= 0.6 is 11.6 Å². The number of rotatable bonds is 11. The molecule has 25 heavy (non-hydrogen) atoms. The van der Waals surface area contributed by atoms with E-state index in [1.165, 1.54) is 0 Å². The molecule has 0 bridgehead atoms. The third-order valence-corrected chi connectivity index (χ3v) is 4.26. The molecule has 1 aromatic rings. The molecule has 0 aromatic heterocycles. The largest absolute Gasteiger partial charge is 0.490 e. The lowest BCUT2D eigenvalue weighted by Gasteiger charge is -2.26. The highest BCUT2D eigenvalue weighted by atomic mass is 35.5. The van der Waals surface area contributed by atoms with Gasteiger partial charge in [0.25, 0.3) is 0 Å². The van der Waals surface area contributed by atoms with Gasteiger partial charge in [0.2, 0.25) is 0 Å². The van der Waals surface area contributed by atoms with Crippen molar-refractivity contribution < 1.29 is 14.2 Å². The third-order valence-electron chi connectivity index (χ3n) is 3.98. The second-order valence-electron chi connectivity index (χ2n) is 5.92. The molecule has 6 heteroatoms. The Balaban J connectivity index is 1.81. The number of morpholine rings is 1. The Morgan fingerprint density at radius 2 is 2.12 bits per heavy atom. The van der Waals surface area contributed by atoms with Crippen molar-refractivity contribution >= 4 is 11.6 Å². The first-order chi connectivity index (χ1) is 12.2. The van der Waals surface area contributed by atoms with Crippen molar-refractivity contribution in [3.63, 3.8) is 0 Å². The van der Waals surface area contributed by atoms with Gasteiger partial charge in [-0.05, 0) is 44.1 Å². The smallest absolute Gasteiger partial charge is 0.180 e. The fourth-order valence-electron chi connectivity index (χ4n) is 2.75. The number of nitrogens with one attached hydrogen (secondary N) is 1. The number of hydrogen-bond acceptors (Lipinski definition) is 5. The Bertz CT molecular complexity index is 534. The molecule has 1 N–H and O–H groups in total. The molecule has 140 valence electrons. The standard InChI is InChI=1S/C19H29ClN2O3/c1-3-10-25-19-17(20)13-16(14-18(19)24-4-2)15-21-6-5-7-22-8-11-23-12-9-22/h3,13-14,21H,1,4-12,15H2,2H3. The fraction of sp³-hybridized carbons (Fsp3) is 0.579. The van der Waals surface area contributed by atoms with Crippen LogP contribution in [0, 0.1) is 0 Å². The van der Waals surface area contributed by atoms with Crippen molar-refractivity contribution in [1.29, 1.82) is 0 Å². The van der Waals surface area contributed by atoms with Crippen LogP contribution in [0.5, 0.6) is 11.5 Å². The monoisotopic (exact) mass is 368 g/mol. The fourth-order valence-corrected chi connectivity index (χ4v) is 3.04. The summed E-state index contributed by atoms with van der Waals surface area (Å²) in [5.41, 5.74) is 1.09. The van der Waals surface area contributed by atoms with Crippen molar-refractivity contribution in [3.8, 4) is 11.5 Å². The van der Waals surface area contributed by atoms with Gasteiger partial charge in [-0.3, -0.25) is 4.90 Å². The molecule has 0 radical (unpaired) electrons. The Labute approximate surface area is 155 Å². The molecule has 1 fully saturated rings. The number of hydrogen-bond donors (Lipinski definition) is 1. The zero-order chi connectivity index (χ0) is 17.9. The predicted octanol–water partition coefficient (Wildman–Crippen LogP) is 3.12. The summed E-state index contributed by atoms with van der Waals surface area (Å²) in [5, 5.41) is 4.04. The topological polar surface area (TPSA) is 43.0 Å². The SMILES string of the molecule is C=CCOc1c(Cl)cc(CNCCCN2CCOCC2)cc1OCC. The Hall–Kier alpha value is -1.27. The quantitative estimate of drug-likeness (QED) is 0.480. The molecule has 0 saturated carbocycles. The first kappa shape index (κ1) is 20.0. The van der Waals surface area contributed by atoms with Crippen LogP contribution in [-0.4, -0.2) is 57.5 Å². The van der Waals surface area contributed by atoms with E-state index in [2.05, 4.69) is 16.8 Å². The van der Waals surface area contributed by atoms with Crippen LogP contribution in [0.3, 0.4) is 0 Å². The molecule has 2 rings (SSSR count). The van der Waals surface area contributed by atoms with E-state index < -0.39 is 0 Å². The van der Waals surface area contributed by atoms with Gasteiger partial charge in [0.05, 0.1) is 24.8 Å². The molecule has 0 amide bonds. The van der Waals surface area contributed by atoms with Crippen molar-refractivity contribution in [2.45, 2.75) is 19.9 Å². The van der Waals surface area contributed by atoms with Crippen LogP contribution in [0.2, 0.25) is 5.02 Å². The molecule has 0 spiro atoms. The van der Waals surface area contributed by atoms with E-state index >= 15 is 0 Å². The molecule has 1 aromatic carbocycles. The van der Waals surface area contributed by atoms with Gasteiger partial charge in [-0.15, -0.1) is 0 Å². The van der Waals surface area contributed by atoms with Gasteiger partial charge < -0.3 is 19.5 Å². The van der Waals surface area contributed by atoms with Crippen LogP contribution in [0.25, 0.3) is 0 Å². The van der Waals surface area contributed by atoms with Crippen LogP contribution in [0.15, 0.2) is 24.8 Å². The van der Waals surface area contributed by atoms with E-state index in [9.17, 15) is 0 Å². The van der Waals surface area contributed by atoms with E-state index in [1.807, 2.05) is 19.1 Å². The summed E-state index contributed by atoms with van der Waals surface area (Å²) in [6, 6.07) is 3.92. The second kappa shape index (κ2) is 11.4. The number of ether oxygens (including phenoxy) is 3. The Morgan fingerprint density at radius 3 is 2.84 bits per heavy atom. The summed E-state index contributed by atoms with van der Waals surface area (Å²) < 4.78 is 16.7. The highest BCUT2D eigenvalue weighted by molar-refractivity contribution is 6.32. The summed E-state index contributed by atoms with van der Waals surface area (Å²) in [6.07, 6.45) is 2.81. The third kappa shape index (κ3) is 6.86. The summed E-state index contributed by atoms with van der Waals surface area (Å²) in [7, 11) is 0. The van der Waals surface area contributed by atoms with Gasteiger partial charge in [0.15, 0.2) is 11.5 Å². The number of benzene rings is 1. The molecule has 1 saturated heterocycles. The minimum Gasteiger partial charge on any atom is -0.490 e. The van der Waals surface area contributed by atoms with Crippen molar-refractivity contribution in [2.75, 3.05) is 52.6 Å². The zero-order valence-corrected chi connectivity index (χ0v) is 15.8. The maximum absolute atomic E-state index is 6.36. The molecular weight excluding hydrogens is 340 g/mol. The highest BCUT2D eigenvalue weighted by Gasteiger charge is 2.12. The highest BCUT2D eigenvalue weighted by Crippen LogP contribution is 2.36. The normalized spacial score (nSPS) is 15.1. The summed E-state index contributed by atoms with van der Waals surface area (Å²) in [6.45, 7) is 13.2. The number of halogens is 1. The summed E-state index contributed by atoms with van der Waals surface area (Å²) in [5.74, 6) is 1.27. The molecule has 1 aliphatic heterocycles. The lowest BCUT2D eigenvalue weighted by molar-refractivity contribution is 0.0374. The van der Waals surface area contributed by atoms with E-state index in [1.54, 1.807) is 6.08 Å². The molecule has 0 unspecified atom stereocenters. The lowest BCUT2D eigenvalue weighted by atomic mass is 10.2. The molecule has 1 heterocycles. The van der Waals surface area contributed by atoms with Gasteiger partial charge in [0, 0.05) is 19.6 Å². The average molecular weight is 369 g/mol. The molecule has 0 atom stereocenters. The maximum Gasteiger partial charge on any atom is 0.180 e. The zero-order valence-electron chi connectivity index (χ0n) is 15.1. The number of nitrogens with zero attached hydrogens (tertiary/aromatic N) is 1. The van der Waals surface area contributed by atoms with Gasteiger partial charge in [0.1, 0.15) is 6.61 Å². The van der Waals surface area contributed by atoms with Crippen LogP contribution in [-0.2, 0) is 11.3 Å². The van der Waals surface area contributed by atoms with E-state index in [0.717, 1.165) is 57.9 Å². The van der Waals surface area contributed by atoms with Crippen molar-refractivity contribution in [3.05, 3.63) is 35.4 Å². The Kier molecular flexibility index (Phi) is 9.11.